The molecule has 2 aliphatic heterocycles. The first-order chi connectivity index (χ1) is 18.7. The van der Waals surface area contributed by atoms with Gasteiger partial charge in [0.15, 0.2) is 0 Å². The molecule has 2 unspecified atom stereocenters. The second kappa shape index (κ2) is 11.3. The van der Waals surface area contributed by atoms with Crippen LogP contribution in [0.1, 0.15) is 50.1 Å². The van der Waals surface area contributed by atoms with Crippen LogP contribution in [-0.2, 0) is 0 Å². The number of amides is 2. The summed E-state index contributed by atoms with van der Waals surface area (Å²) < 4.78 is 19.5. The summed E-state index contributed by atoms with van der Waals surface area (Å²) >= 11 is 6.12. The van der Waals surface area contributed by atoms with Crippen molar-refractivity contribution >= 4 is 23.4 Å². The molecule has 0 aliphatic carbocycles. The van der Waals surface area contributed by atoms with E-state index in [-0.39, 0.29) is 28.4 Å². The Hall–Kier alpha value is -3.49. The lowest BCUT2D eigenvalue weighted by Crippen LogP contribution is -2.36. The molecule has 3 aromatic rings. The summed E-state index contributed by atoms with van der Waals surface area (Å²) in [7, 11) is 0. The Kier molecular flexibility index (Phi) is 7.86. The topological polar surface area (TPSA) is 82.9 Å². The fourth-order valence-corrected chi connectivity index (χ4v) is 6.19. The minimum Gasteiger partial charge on any atom is -0.427 e. The number of nitrogens with one attached hydrogen (secondary N) is 1. The second-order valence-corrected chi connectivity index (χ2v) is 10.9. The highest BCUT2D eigenvalue weighted by atomic mass is 35.5. The second-order valence-electron chi connectivity index (χ2n) is 10.5. The van der Waals surface area contributed by atoms with E-state index in [1.54, 1.807) is 18.7 Å². The number of benzene rings is 2. The van der Waals surface area contributed by atoms with Crippen LogP contribution in [0.2, 0.25) is 5.02 Å². The van der Waals surface area contributed by atoms with E-state index in [9.17, 15) is 18.8 Å². The predicted octanol–water partition coefficient (Wildman–Crippen LogP) is 4.61. The summed E-state index contributed by atoms with van der Waals surface area (Å²) in [4.78, 5) is 42.0. The van der Waals surface area contributed by atoms with Gasteiger partial charge in [-0.25, -0.2) is 9.18 Å². The van der Waals surface area contributed by atoms with Crippen LogP contribution < -0.4 is 10.9 Å². The zero-order chi connectivity index (χ0) is 27.7. The van der Waals surface area contributed by atoms with E-state index in [2.05, 4.69) is 10.2 Å². The lowest BCUT2D eigenvalue weighted by Gasteiger charge is -2.25. The molecule has 9 heteroatoms. The largest absolute Gasteiger partial charge is 0.427 e. The Morgan fingerprint density at radius 1 is 1.03 bits per heavy atom. The highest BCUT2D eigenvalue weighted by Crippen LogP contribution is 2.34. The van der Waals surface area contributed by atoms with Gasteiger partial charge in [0.2, 0.25) is 0 Å². The standard InChI is InChI=1S/C30H31ClFN3O4/c1-18-13-26(36)39-19(2)27(18)29(37)33-25(20-7-4-3-5-8-20)11-12-34-14-21-16-35(17-22(21)15-34)30(38)28-23(31)9-6-10-24(28)32/h3-10,13,21-22,25H,11-12,14-17H2,1-2H3,(H,33,37)/t21-,22?,25?/m0/s1. The van der Waals surface area contributed by atoms with Crippen molar-refractivity contribution in [3.63, 3.8) is 0 Å². The summed E-state index contributed by atoms with van der Waals surface area (Å²) in [5.74, 6) is -0.311. The van der Waals surface area contributed by atoms with Crippen LogP contribution in [0.5, 0.6) is 0 Å². The molecule has 2 aromatic carbocycles. The van der Waals surface area contributed by atoms with Gasteiger partial charge >= 0.3 is 5.63 Å². The number of carbonyl (C=O) groups excluding carboxylic acids is 2. The smallest absolute Gasteiger partial charge is 0.336 e. The molecular weight excluding hydrogens is 521 g/mol. The van der Waals surface area contributed by atoms with Crippen LogP contribution in [0.4, 0.5) is 4.39 Å². The molecule has 2 fully saturated rings. The van der Waals surface area contributed by atoms with Crippen LogP contribution in [0.15, 0.2) is 63.8 Å². The Morgan fingerprint density at radius 3 is 2.36 bits per heavy atom. The number of carbonyl (C=O) groups is 2. The number of hydrogen-bond acceptors (Lipinski definition) is 5. The zero-order valence-corrected chi connectivity index (χ0v) is 22.7. The van der Waals surface area contributed by atoms with Gasteiger partial charge in [-0.15, -0.1) is 0 Å². The maximum atomic E-state index is 14.3. The van der Waals surface area contributed by atoms with Gasteiger partial charge in [0.1, 0.15) is 11.6 Å². The Labute approximate surface area is 231 Å². The molecule has 2 aliphatic rings. The van der Waals surface area contributed by atoms with E-state index in [4.69, 9.17) is 16.0 Å². The first kappa shape index (κ1) is 27.1. The Balaban J connectivity index is 1.22. The van der Waals surface area contributed by atoms with Gasteiger partial charge in [0.05, 0.1) is 22.2 Å². The molecule has 204 valence electrons. The molecular formula is C30H31ClFN3O4. The molecule has 3 atom stereocenters. The first-order valence-corrected chi connectivity index (χ1v) is 13.5. The fourth-order valence-electron chi connectivity index (χ4n) is 5.95. The van der Waals surface area contributed by atoms with Crippen LogP contribution in [-0.4, -0.2) is 54.3 Å². The van der Waals surface area contributed by atoms with Crippen molar-refractivity contribution in [3.8, 4) is 0 Å². The third-order valence-electron chi connectivity index (χ3n) is 7.83. The van der Waals surface area contributed by atoms with Crippen molar-refractivity contribution in [1.82, 2.24) is 15.1 Å². The molecule has 3 heterocycles. The average molecular weight is 552 g/mol. The summed E-state index contributed by atoms with van der Waals surface area (Å²) in [5.41, 5.74) is 1.43. The van der Waals surface area contributed by atoms with Crippen LogP contribution in [0.25, 0.3) is 0 Å². The summed E-state index contributed by atoms with van der Waals surface area (Å²) in [6.07, 6.45) is 0.692. The fraction of sp³-hybridized carbons (Fsp3) is 0.367. The number of rotatable bonds is 7. The van der Waals surface area contributed by atoms with Gasteiger partial charge in [-0.3, -0.25) is 9.59 Å². The average Bonchev–Trinajstić information content (AvgIpc) is 3.45. The number of likely N-dealkylation sites (tertiary alicyclic amines) is 2. The number of hydrogen-bond donors (Lipinski definition) is 1. The third-order valence-corrected chi connectivity index (χ3v) is 8.14. The molecule has 0 bridgehead atoms. The lowest BCUT2D eigenvalue weighted by atomic mass is 10.0. The predicted molar refractivity (Wildman–Crippen MR) is 146 cm³/mol. The van der Waals surface area contributed by atoms with Gasteiger partial charge in [-0.1, -0.05) is 48.0 Å². The normalized spacial score (nSPS) is 19.6. The summed E-state index contributed by atoms with van der Waals surface area (Å²) in [6.45, 7) is 6.92. The van der Waals surface area contributed by atoms with E-state index < -0.39 is 11.4 Å². The van der Waals surface area contributed by atoms with Gasteiger partial charge in [-0.05, 0) is 55.4 Å². The van der Waals surface area contributed by atoms with Gasteiger partial charge in [0, 0.05) is 38.8 Å². The highest BCUT2D eigenvalue weighted by Gasteiger charge is 2.42. The maximum absolute atomic E-state index is 14.3. The van der Waals surface area contributed by atoms with E-state index in [1.807, 2.05) is 30.3 Å². The number of fused-ring (bicyclic) bond motifs is 1. The molecule has 5 rings (SSSR count). The molecule has 0 saturated carbocycles. The van der Waals surface area contributed by atoms with Crippen LogP contribution in [0.3, 0.4) is 0 Å². The summed E-state index contributed by atoms with van der Waals surface area (Å²) in [6, 6.07) is 15.2. The molecule has 2 amide bonds. The van der Waals surface area contributed by atoms with Gasteiger partial charge in [-0.2, -0.15) is 0 Å². The molecule has 7 nitrogen and oxygen atoms in total. The number of aryl methyl sites for hydroxylation is 2. The molecule has 2 saturated heterocycles. The maximum Gasteiger partial charge on any atom is 0.336 e. The van der Waals surface area contributed by atoms with Crippen molar-refractivity contribution in [3.05, 3.63) is 104 Å². The van der Waals surface area contributed by atoms with E-state index in [0.717, 1.165) is 25.2 Å². The Bertz CT molecular complexity index is 1380. The zero-order valence-electron chi connectivity index (χ0n) is 22.0. The molecule has 0 spiro atoms. The van der Waals surface area contributed by atoms with E-state index in [1.165, 1.54) is 24.3 Å². The van der Waals surface area contributed by atoms with Crippen molar-refractivity contribution in [1.29, 1.82) is 0 Å². The SMILES string of the molecule is Cc1cc(=O)oc(C)c1C(=O)NC(CCN1CC2CN(C(=O)c3c(F)cccc3Cl)C[C@@H]2C1)c1ccccc1. The molecule has 0 radical (unpaired) electrons. The monoisotopic (exact) mass is 551 g/mol. The van der Waals surface area contributed by atoms with Crippen LogP contribution in [0, 0.1) is 31.5 Å². The highest BCUT2D eigenvalue weighted by molar-refractivity contribution is 6.33. The van der Waals surface area contributed by atoms with Crippen molar-refractivity contribution in [2.45, 2.75) is 26.3 Å². The van der Waals surface area contributed by atoms with Crippen molar-refractivity contribution in [2.75, 3.05) is 32.7 Å². The van der Waals surface area contributed by atoms with E-state index in [0.29, 0.717) is 48.2 Å². The molecule has 1 aromatic heterocycles. The lowest BCUT2D eigenvalue weighted by molar-refractivity contribution is 0.0769. The van der Waals surface area contributed by atoms with Crippen molar-refractivity contribution < 1.29 is 18.4 Å². The third kappa shape index (κ3) is 5.77. The number of nitrogens with zero attached hydrogens (tertiary/aromatic N) is 2. The van der Waals surface area contributed by atoms with Gasteiger partial charge < -0.3 is 19.5 Å². The molecule has 1 N–H and O–H groups in total. The van der Waals surface area contributed by atoms with Gasteiger partial charge in [0.25, 0.3) is 11.8 Å². The summed E-state index contributed by atoms with van der Waals surface area (Å²) in [5, 5.41) is 3.28. The van der Waals surface area contributed by atoms with E-state index >= 15 is 0 Å². The Morgan fingerprint density at radius 2 is 1.72 bits per heavy atom. The minimum atomic E-state index is -0.594. The van der Waals surface area contributed by atoms with Crippen LogP contribution >= 0.6 is 11.6 Å². The molecule has 39 heavy (non-hydrogen) atoms. The quantitative estimate of drug-likeness (QED) is 0.463. The first-order valence-electron chi connectivity index (χ1n) is 13.1. The van der Waals surface area contributed by atoms with Crippen molar-refractivity contribution in [2.24, 2.45) is 11.8 Å². The number of halogens is 2. The minimum absolute atomic E-state index is 0.0550.